The van der Waals surface area contributed by atoms with Crippen LogP contribution in [0.25, 0.3) is 0 Å². The maximum Gasteiger partial charge on any atom is 0.227 e. The number of aryl methyl sites for hydroxylation is 1. The van der Waals surface area contributed by atoms with Gasteiger partial charge in [-0.25, -0.2) is 4.39 Å². The number of carbonyl (C=O) groups is 1. The number of halogens is 1. The van der Waals surface area contributed by atoms with Gasteiger partial charge in [0, 0.05) is 11.6 Å². The number of nitrogens with one attached hydrogen (secondary N) is 1. The zero-order valence-corrected chi connectivity index (χ0v) is 10.0. The first-order chi connectivity index (χ1) is 7.58. The van der Waals surface area contributed by atoms with E-state index in [1.165, 1.54) is 12.1 Å². The predicted molar refractivity (Wildman–Crippen MR) is 63.8 cm³/mol. The van der Waals surface area contributed by atoms with Gasteiger partial charge >= 0.3 is 0 Å². The maximum atomic E-state index is 12.9. The highest BCUT2D eigenvalue weighted by atomic mass is 19.1. The number of anilines is 1. The van der Waals surface area contributed by atoms with Gasteiger partial charge in [0.25, 0.3) is 0 Å². The summed E-state index contributed by atoms with van der Waals surface area (Å²) in [5.41, 5.74) is 1.44. The highest BCUT2D eigenvalue weighted by Gasteiger charge is 2.14. The molecule has 0 saturated heterocycles. The van der Waals surface area contributed by atoms with Gasteiger partial charge in [-0.2, -0.15) is 0 Å². The quantitative estimate of drug-likeness (QED) is 0.831. The van der Waals surface area contributed by atoms with Crippen LogP contribution in [-0.4, -0.2) is 5.91 Å². The van der Waals surface area contributed by atoms with Gasteiger partial charge in [-0.05, 0) is 43.5 Å². The summed E-state index contributed by atoms with van der Waals surface area (Å²) < 4.78 is 12.9. The fourth-order valence-corrected chi connectivity index (χ4v) is 1.66. The molecule has 0 bridgehead atoms. The number of rotatable bonds is 4. The molecule has 0 unspecified atom stereocenters. The zero-order valence-electron chi connectivity index (χ0n) is 10.0. The van der Waals surface area contributed by atoms with Gasteiger partial charge < -0.3 is 5.32 Å². The van der Waals surface area contributed by atoms with Crippen LogP contribution < -0.4 is 5.32 Å². The fraction of sp³-hybridized carbons (Fsp3) is 0.462. The van der Waals surface area contributed by atoms with E-state index in [4.69, 9.17) is 0 Å². The SMILES string of the molecule is CCC(CC)C(=O)Nc1ccc(F)cc1C. The largest absolute Gasteiger partial charge is 0.326 e. The Hall–Kier alpha value is -1.38. The molecule has 0 spiro atoms. The van der Waals surface area contributed by atoms with Crippen LogP contribution in [0, 0.1) is 18.7 Å². The van der Waals surface area contributed by atoms with Crippen molar-refractivity contribution < 1.29 is 9.18 Å². The summed E-state index contributed by atoms with van der Waals surface area (Å²) in [6.45, 7) is 5.77. The molecule has 1 N–H and O–H groups in total. The van der Waals surface area contributed by atoms with Crippen molar-refractivity contribution in [2.45, 2.75) is 33.6 Å². The van der Waals surface area contributed by atoms with Crippen molar-refractivity contribution in [3.8, 4) is 0 Å². The molecular formula is C13H18FNO. The molecule has 0 aliphatic carbocycles. The van der Waals surface area contributed by atoms with Gasteiger partial charge in [0.15, 0.2) is 0 Å². The van der Waals surface area contributed by atoms with Crippen LogP contribution >= 0.6 is 0 Å². The van der Waals surface area contributed by atoms with Crippen LogP contribution in [0.5, 0.6) is 0 Å². The topological polar surface area (TPSA) is 29.1 Å². The van der Waals surface area contributed by atoms with E-state index in [-0.39, 0.29) is 17.6 Å². The zero-order chi connectivity index (χ0) is 12.1. The fourth-order valence-electron chi connectivity index (χ4n) is 1.66. The Morgan fingerprint density at radius 1 is 1.38 bits per heavy atom. The van der Waals surface area contributed by atoms with Crippen molar-refractivity contribution in [1.82, 2.24) is 0 Å². The Labute approximate surface area is 95.9 Å². The van der Waals surface area contributed by atoms with Crippen molar-refractivity contribution in [3.63, 3.8) is 0 Å². The summed E-state index contributed by atoms with van der Waals surface area (Å²) in [5, 5.41) is 2.83. The molecule has 0 aromatic heterocycles. The van der Waals surface area contributed by atoms with Gasteiger partial charge in [-0.1, -0.05) is 13.8 Å². The number of hydrogen-bond acceptors (Lipinski definition) is 1. The number of hydrogen-bond donors (Lipinski definition) is 1. The van der Waals surface area contributed by atoms with Crippen LogP contribution in [0.2, 0.25) is 0 Å². The Kier molecular flexibility index (Phi) is 4.47. The van der Waals surface area contributed by atoms with Crippen molar-refractivity contribution in [1.29, 1.82) is 0 Å². The van der Waals surface area contributed by atoms with E-state index in [2.05, 4.69) is 5.32 Å². The lowest BCUT2D eigenvalue weighted by Gasteiger charge is -2.14. The Morgan fingerprint density at radius 2 is 2.00 bits per heavy atom. The molecule has 2 nitrogen and oxygen atoms in total. The second-order valence-corrected chi connectivity index (χ2v) is 3.96. The molecule has 1 amide bonds. The lowest BCUT2D eigenvalue weighted by atomic mass is 10.0. The van der Waals surface area contributed by atoms with E-state index in [0.29, 0.717) is 5.69 Å². The van der Waals surface area contributed by atoms with E-state index in [9.17, 15) is 9.18 Å². The lowest BCUT2D eigenvalue weighted by molar-refractivity contribution is -0.120. The molecule has 0 fully saturated rings. The average Bonchev–Trinajstić information content (AvgIpc) is 2.24. The lowest BCUT2D eigenvalue weighted by Crippen LogP contribution is -2.22. The van der Waals surface area contributed by atoms with Gasteiger partial charge in [-0.15, -0.1) is 0 Å². The van der Waals surface area contributed by atoms with Crippen LogP contribution in [-0.2, 0) is 4.79 Å². The highest BCUT2D eigenvalue weighted by molar-refractivity contribution is 5.93. The third-order valence-electron chi connectivity index (χ3n) is 2.80. The van der Waals surface area contributed by atoms with Gasteiger partial charge in [0.05, 0.1) is 0 Å². The van der Waals surface area contributed by atoms with E-state index >= 15 is 0 Å². The number of amides is 1. The normalized spacial score (nSPS) is 10.6. The maximum absolute atomic E-state index is 12.9. The first-order valence-corrected chi connectivity index (χ1v) is 5.65. The van der Waals surface area contributed by atoms with Crippen molar-refractivity contribution in [2.24, 2.45) is 5.92 Å². The number of benzene rings is 1. The minimum Gasteiger partial charge on any atom is -0.326 e. The smallest absolute Gasteiger partial charge is 0.227 e. The van der Waals surface area contributed by atoms with Gasteiger partial charge in [0.1, 0.15) is 5.82 Å². The molecule has 1 rings (SSSR count). The summed E-state index contributed by atoms with van der Waals surface area (Å²) in [7, 11) is 0. The van der Waals surface area contributed by atoms with Crippen LogP contribution in [0.1, 0.15) is 32.3 Å². The minimum atomic E-state index is -0.280. The third kappa shape index (κ3) is 3.05. The summed E-state index contributed by atoms with van der Waals surface area (Å²) in [4.78, 5) is 11.8. The summed E-state index contributed by atoms with van der Waals surface area (Å²) in [5.74, 6) is -0.234. The molecule has 0 atom stereocenters. The summed E-state index contributed by atoms with van der Waals surface area (Å²) >= 11 is 0. The molecule has 0 aliphatic heterocycles. The molecule has 0 radical (unpaired) electrons. The van der Waals surface area contributed by atoms with Crippen LogP contribution in [0.15, 0.2) is 18.2 Å². The molecular weight excluding hydrogens is 205 g/mol. The second-order valence-electron chi connectivity index (χ2n) is 3.96. The average molecular weight is 223 g/mol. The second kappa shape index (κ2) is 5.64. The van der Waals surface area contributed by atoms with Crippen LogP contribution in [0.4, 0.5) is 10.1 Å². The first-order valence-electron chi connectivity index (χ1n) is 5.65. The predicted octanol–water partition coefficient (Wildman–Crippen LogP) is 3.51. The number of carbonyl (C=O) groups excluding carboxylic acids is 1. The molecule has 0 heterocycles. The highest BCUT2D eigenvalue weighted by Crippen LogP contribution is 2.18. The summed E-state index contributed by atoms with van der Waals surface area (Å²) in [6.07, 6.45) is 1.64. The third-order valence-corrected chi connectivity index (χ3v) is 2.80. The molecule has 1 aromatic carbocycles. The van der Waals surface area contributed by atoms with Gasteiger partial charge in [-0.3, -0.25) is 4.79 Å². The first kappa shape index (κ1) is 12.7. The van der Waals surface area contributed by atoms with E-state index < -0.39 is 0 Å². The Bertz CT molecular complexity index is 372. The van der Waals surface area contributed by atoms with E-state index in [1.54, 1.807) is 13.0 Å². The molecule has 1 aromatic rings. The molecule has 3 heteroatoms. The monoisotopic (exact) mass is 223 g/mol. The molecule has 16 heavy (non-hydrogen) atoms. The minimum absolute atomic E-state index is 0.0136. The molecule has 0 saturated carbocycles. The Morgan fingerprint density at radius 3 is 2.50 bits per heavy atom. The van der Waals surface area contributed by atoms with E-state index in [0.717, 1.165) is 18.4 Å². The van der Waals surface area contributed by atoms with Crippen molar-refractivity contribution >= 4 is 11.6 Å². The standard InChI is InChI=1S/C13H18FNO/c1-4-10(5-2)13(16)15-12-7-6-11(14)8-9(12)3/h6-8,10H,4-5H2,1-3H3,(H,15,16). The summed E-state index contributed by atoms with van der Waals surface area (Å²) in [6, 6.07) is 4.38. The Balaban J connectivity index is 2.76. The van der Waals surface area contributed by atoms with Crippen molar-refractivity contribution in [2.75, 3.05) is 5.32 Å². The molecule has 0 aliphatic rings. The van der Waals surface area contributed by atoms with E-state index in [1.807, 2.05) is 13.8 Å². The van der Waals surface area contributed by atoms with Gasteiger partial charge in [0.2, 0.25) is 5.91 Å². The molecule has 88 valence electrons. The van der Waals surface area contributed by atoms with Crippen LogP contribution in [0.3, 0.4) is 0 Å². The van der Waals surface area contributed by atoms with Crippen molar-refractivity contribution in [3.05, 3.63) is 29.6 Å².